The lowest BCUT2D eigenvalue weighted by atomic mass is 10.2. The maximum Gasteiger partial charge on any atom is 0.191 e. The zero-order valence-corrected chi connectivity index (χ0v) is 11.3. The molecule has 106 valence electrons. The van der Waals surface area contributed by atoms with Crippen molar-refractivity contribution in [2.45, 2.75) is 6.61 Å². The van der Waals surface area contributed by atoms with Gasteiger partial charge in [-0.2, -0.15) is 0 Å². The van der Waals surface area contributed by atoms with Gasteiger partial charge in [-0.05, 0) is 29.8 Å². The highest BCUT2D eigenvalue weighted by molar-refractivity contribution is 9.10. The predicted molar refractivity (Wildman–Crippen MR) is 66.4 cm³/mol. The van der Waals surface area contributed by atoms with Crippen molar-refractivity contribution in [2.24, 2.45) is 0 Å². The van der Waals surface area contributed by atoms with Crippen LogP contribution in [-0.4, -0.2) is 5.11 Å². The molecular formula is C13H7BrF4O2. The van der Waals surface area contributed by atoms with Crippen LogP contribution in [0.1, 0.15) is 5.56 Å². The van der Waals surface area contributed by atoms with Crippen molar-refractivity contribution in [1.82, 2.24) is 0 Å². The topological polar surface area (TPSA) is 29.5 Å². The molecule has 0 heterocycles. The van der Waals surface area contributed by atoms with Crippen molar-refractivity contribution in [2.75, 3.05) is 0 Å². The van der Waals surface area contributed by atoms with Gasteiger partial charge in [0.05, 0.1) is 0 Å². The predicted octanol–water partition coefficient (Wildman–Crippen LogP) is 4.29. The molecule has 0 aliphatic carbocycles. The van der Waals surface area contributed by atoms with Crippen LogP contribution >= 0.6 is 15.9 Å². The minimum atomic E-state index is -1.18. The highest BCUT2D eigenvalue weighted by atomic mass is 79.9. The lowest BCUT2D eigenvalue weighted by Crippen LogP contribution is -2.01. The number of aromatic hydroxyl groups is 1. The first kappa shape index (κ1) is 14.6. The molecule has 0 atom stereocenters. The molecule has 2 aromatic rings. The van der Waals surface area contributed by atoms with Crippen molar-refractivity contribution in [3.05, 3.63) is 57.6 Å². The number of benzene rings is 2. The van der Waals surface area contributed by atoms with Crippen LogP contribution in [0.25, 0.3) is 0 Å². The molecule has 0 spiro atoms. The van der Waals surface area contributed by atoms with Crippen molar-refractivity contribution >= 4 is 15.9 Å². The quantitative estimate of drug-likeness (QED) is 0.836. The Kier molecular flexibility index (Phi) is 4.17. The smallest absolute Gasteiger partial charge is 0.191 e. The number of phenolic OH excluding ortho intramolecular Hbond substituents is 1. The molecule has 0 saturated heterocycles. The van der Waals surface area contributed by atoms with E-state index in [0.717, 1.165) is 24.3 Å². The second-order valence-corrected chi connectivity index (χ2v) is 4.81. The van der Waals surface area contributed by atoms with Gasteiger partial charge < -0.3 is 9.84 Å². The van der Waals surface area contributed by atoms with Gasteiger partial charge in [-0.15, -0.1) is 0 Å². The molecule has 0 radical (unpaired) electrons. The summed E-state index contributed by atoms with van der Waals surface area (Å²) in [6.45, 7) is -0.455. The summed E-state index contributed by atoms with van der Waals surface area (Å²) in [6.07, 6.45) is 0. The van der Waals surface area contributed by atoms with Gasteiger partial charge in [0.15, 0.2) is 34.8 Å². The lowest BCUT2D eigenvalue weighted by molar-refractivity contribution is 0.272. The molecule has 2 nitrogen and oxygen atoms in total. The molecule has 7 heteroatoms. The van der Waals surface area contributed by atoms with Crippen LogP contribution in [0.15, 0.2) is 28.7 Å². The van der Waals surface area contributed by atoms with Crippen LogP contribution in [0, 0.1) is 23.3 Å². The molecule has 0 saturated carbocycles. The van der Waals surface area contributed by atoms with Crippen LogP contribution in [-0.2, 0) is 6.61 Å². The Labute approximate surface area is 119 Å². The Hall–Kier alpha value is -1.76. The second-order valence-electron chi connectivity index (χ2n) is 3.90. The van der Waals surface area contributed by atoms with Gasteiger partial charge in [0.25, 0.3) is 0 Å². The SMILES string of the molecule is Oc1c(F)cc(COc2c(F)cc(Br)cc2F)cc1F. The number of halogens is 5. The Balaban J connectivity index is 2.21. The molecule has 20 heavy (non-hydrogen) atoms. The molecule has 0 fully saturated rings. The normalized spacial score (nSPS) is 10.7. The van der Waals surface area contributed by atoms with Crippen LogP contribution in [0.5, 0.6) is 11.5 Å². The number of ether oxygens (including phenoxy) is 1. The average Bonchev–Trinajstić information content (AvgIpc) is 2.34. The maximum atomic E-state index is 13.5. The fraction of sp³-hybridized carbons (Fsp3) is 0.0769. The zero-order chi connectivity index (χ0) is 14.9. The Morgan fingerprint density at radius 1 is 0.900 bits per heavy atom. The van der Waals surface area contributed by atoms with Crippen LogP contribution in [0.3, 0.4) is 0 Å². The van der Waals surface area contributed by atoms with Crippen molar-refractivity contribution in [1.29, 1.82) is 0 Å². The summed E-state index contributed by atoms with van der Waals surface area (Å²) >= 11 is 2.91. The van der Waals surface area contributed by atoms with Gasteiger partial charge >= 0.3 is 0 Å². The molecule has 0 amide bonds. The summed E-state index contributed by atoms with van der Waals surface area (Å²) in [6, 6.07) is 3.62. The van der Waals surface area contributed by atoms with Crippen LogP contribution in [0.2, 0.25) is 0 Å². The Morgan fingerprint density at radius 2 is 1.40 bits per heavy atom. The summed E-state index contributed by atoms with van der Waals surface area (Å²) in [4.78, 5) is 0. The molecule has 0 unspecified atom stereocenters. The van der Waals surface area contributed by atoms with Crippen LogP contribution in [0.4, 0.5) is 17.6 Å². The summed E-state index contributed by atoms with van der Waals surface area (Å²) in [5.74, 6) is -6.02. The first-order valence-corrected chi connectivity index (χ1v) is 6.12. The van der Waals surface area contributed by atoms with E-state index in [0.29, 0.717) is 0 Å². The van der Waals surface area contributed by atoms with E-state index >= 15 is 0 Å². The molecule has 2 aromatic carbocycles. The molecular weight excluding hydrogens is 344 g/mol. The minimum absolute atomic E-state index is 0.0143. The van der Waals surface area contributed by atoms with Gasteiger partial charge in [-0.1, -0.05) is 15.9 Å². The van der Waals surface area contributed by atoms with Gasteiger partial charge in [-0.25, -0.2) is 17.6 Å². The first-order chi connectivity index (χ1) is 9.38. The van der Waals surface area contributed by atoms with E-state index in [1.807, 2.05) is 0 Å². The highest BCUT2D eigenvalue weighted by Crippen LogP contribution is 2.27. The minimum Gasteiger partial charge on any atom is -0.503 e. The third-order valence-corrected chi connectivity index (χ3v) is 2.88. The number of phenols is 1. The van der Waals surface area contributed by atoms with E-state index < -0.39 is 41.4 Å². The molecule has 0 aliphatic heterocycles. The number of hydrogen-bond acceptors (Lipinski definition) is 2. The standard InChI is InChI=1S/C13H7BrF4O2/c14-7-3-10(17)13(11(18)4-7)20-5-6-1-8(15)12(19)9(16)2-6/h1-4,19H,5H2. The van der Waals surface area contributed by atoms with Gasteiger partial charge in [0.1, 0.15) is 6.61 Å². The largest absolute Gasteiger partial charge is 0.503 e. The summed E-state index contributed by atoms with van der Waals surface area (Å²) in [5.41, 5.74) is -0.0143. The summed E-state index contributed by atoms with van der Waals surface area (Å²) in [7, 11) is 0. The molecule has 0 aliphatic rings. The van der Waals surface area contributed by atoms with Gasteiger partial charge in [0.2, 0.25) is 0 Å². The van der Waals surface area contributed by atoms with E-state index in [1.165, 1.54) is 0 Å². The monoisotopic (exact) mass is 350 g/mol. The number of hydrogen-bond donors (Lipinski definition) is 1. The van der Waals surface area contributed by atoms with E-state index in [1.54, 1.807) is 0 Å². The average molecular weight is 351 g/mol. The third-order valence-electron chi connectivity index (χ3n) is 2.42. The van der Waals surface area contributed by atoms with E-state index in [2.05, 4.69) is 15.9 Å². The van der Waals surface area contributed by atoms with Gasteiger partial charge in [-0.3, -0.25) is 0 Å². The summed E-state index contributed by atoms with van der Waals surface area (Å²) in [5, 5.41) is 8.92. The van der Waals surface area contributed by atoms with E-state index in [9.17, 15) is 17.6 Å². The van der Waals surface area contributed by atoms with Crippen molar-refractivity contribution in [3.8, 4) is 11.5 Å². The fourth-order valence-corrected chi connectivity index (χ4v) is 1.93. The van der Waals surface area contributed by atoms with E-state index in [4.69, 9.17) is 9.84 Å². The fourth-order valence-electron chi connectivity index (χ4n) is 1.52. The molecule has 0 bridgehead atoms. The van der Waals surface area contributed by atoms with E-state index in [-0.39, 0.29) is 10.0 Å². The second kappa shape index (κ2) is 5.70. The number of rotatable bonds is 3. The van der Waals surface area contributed by atoms with Crippen molar-refractivity contribution in [3.63, 3.8) is 0 Å². The van der Waals surface area contributed by atoms with Gasteiger partial charge in [0, 0.05) is 4.47 Å². The Morgan fingerprint density at radius 3 is 1.90 bits per heavy atom. The highest BCUT2D eigenvalue weighted by Gasteiger charge is 2.14. The van der Waals surface area contributed by atoms with Crippen molar-refractivity contribution < 1.29 is 27.4 Å². The summed E-state index contributed by atoms with van der Waals surface area (Å²) < 4.78 is 58.1. The molecule has 0 aromatic heterocycles. The van der Waals surface area contributed by atoms with Crippen LogP contribution < -0.4 is 4.74 Å². The molecule has 1 N–H and O–H groups in total. The molecule has 2 rings (SSSR count). The first-order valence-electron chi connectivity index (χ1n) is 5.32. The third kappa shape index (κ3) is 3.04. The Bertz CT molecular complexity index is 615. The lowest BCUT2D eigenvalue weighted by Gasteiger charge is -2.09. The zero-order valence-electron chi connectivity index (χ0n) is 9.76. The maximum absolute atomic E-state index is 13.5.